The predicted molar refractivity (Wildman–Crippen MR) is 65.1 cm³/mol. The quantitative estimate of drug-likeness (QED) is 0.826. The van der Waals surface area contributed by atoms with Crippen molar-refractivity contribution in [3.63, 3.8) is 0 Å². The standard InChI is InChI=1S/C12H16ClNO2/c1-8-4-5-10(11(15)6-8)12(16)14(3)9(2)7-13/h4-6,9,15H,7H2,1-3H3. The van der Waals surface area contributed by atoms with E-state index in [0.29, 0.717) is 11.4 Å². The molecule has 0 aromatic heterocycles. The van der Waals surface area contributed by atoms with Gasteiger partial charge in [-0.3, -0.25) is 4.79 Å². The average Bonchev–Trinajstić information content (AvgIpc) is 2.26. The Labute approximate surface area is 101 Å². The summed E-state index contributed by atoms with van der Waals surface area (Å²) in [6.45, 7) is 3.72. The van der Waals surface area contributed by atoms with Crippen LogP contribution < -0.4 is 0 Å². The van der Waals surface area contributed by atoms with Crippen LogP contribution in [-0.4, -0.2) is 34.9 Å². The van der Waals surface area contributed by atoms with Crippen LogP contribution in [0.5, 0.6) is 5.75 Å². The molecular formula is C12H16ClNO2. The van der Waals surface area contributed by atoms with Gasteiger partial charge in [0.05, 0.1) is 5.56 Å². The Morgan fingerprint density at radius 2 is 2.19 bits per heavy atom. The van der Waals surface area contributed by atoms with E-state index in [-0.39, 0.29) is 17.7 Å². The minimum atomic E-state index is -0.217. The lowest BCUT2D eigenvalue weighted by atomic mass is 10.1. The molecule has 16 heavy (non-hydrogen) atoms. The minimum absolute atomic E-state index is 0.0126. The van der Waals surface area contributed by atoms with Crippen LogP contribution >= 0.6 is 11.6 Å². The summed E-state index contributed by atoms with van der Waals surface area (Å²) in [5.74, 6) is 0.166. The zero-order valence-corrected chi connectivity index (χ0v) is 10.5. The summed E-state index contributed by atoms with van der Waals surface area (Å²) in [6.07, 6.45) is 0. The van der Waals surface area contributed by atoms with Crippen LogP contribution in [0.15, 0.2) is 18.2 Å². The second-order valence-corrected chi connectivity index (χ2v) is 4.25. The number of hydrogen-bond donors (Lipinski definition) is 1. The molecule has 1 amide bonds. The molecule has 0 aliphatic carbocycles. The molecule has 0 saturated carbocycles. The van der Waals surface area contributed by atoms with Gasteiger partial charge in [0.15, 0.2) is 0 Å². The van der Waals surface area contributed by atoms with Gasteiger partial charge in [0.25, 0.3) is 5.91 Å². The number of phenolic OH excluding ortho intramolecular Hbond substituents is 1. The summed E-state index contributed by atoms with van der Waals surface area (Å²) in [7, 11) is 1.68. The van der Waals surface area contributed by atoms with Gasteiger partial charge >= 0.3 is 0 Å². The molecule has 1 N–H and O–H groups in total. The van der Waals surface area contributed by atoms with Crippen LogP contribution in [0, 0.1) is 6.92 Å². The molecule has 1 aromatic carbocycles. The first-order valence-electron chi connectivity index (χ1n) is 5.10. The molecule has 0 heterocycles. The van der Waals surface area contributed by atoms with Gasteiger partial charge in [-0.15, -0.1) is 11.6 Å². The van der Waals surface area contributed by atoms with Crippen molar-refractivity contribution in [1.82, 2.24) is 4.90 Å². The van der Waals surface area contributed by atoms with E-state index in [1.165, 1.54) is 4.90 Å². The number of carbonyl (C=O) groups excluding carboxylic acids is 1. The highest BCUT2D eigenvalue weighted by molar-refractivity contribution is 6.18. The largest absolute Gasteiger partial charge is 0.507 e. The summed E-state index contributed by atoms with van der Waals surface area (Å²) < 4.78 is 0. The molecule has 0 bridgehead atoms. The van der Waals surface area contributed by atoms with E-state index in [2.05, 4.69) is 0 Å². The second kappa shape index (κ2) is 5.21. The van der Waals surface area contributed by atoms with E-state index in [1.807, 2.05) is 13.8 Å². The zero-order valence-electron chi connectivity index (χ0n) is 9.70. The fourth-order valence-corrected chi connectivity index (χ4v) is 1.52. The molecule has 88 valence electrons. The topological polar surface area (TPSA) is 40.5 Å². The van der Waals surface area contributed by atoms with E-state index in [0.717, 1.165) is 5.56 Å². The van der Waals surface area contributed by atoms with Gasteiger partial charge in [0, 0.05) is 19.0 Å². The van der Waals surface area contributed by atoms with Gasteiger partial charge < -0.3 is 10.0 Å². The Bertz CT molecular complexity index is 393. The van der Waals surface area contributed by atoms with Gasteiger partial charge in [-0.05, 0) is 31.5 Å². The Kier molecular flexibility index (Phi) is 4.19. The lowest BCUT2D eigenvalue weighted by Crippen LogP contribution is -2.36. The highest BCUT2D eigenvalue weighted by Crippen LogP contribution is 2.20. The van der Waals surface area contributed by atoms with Gasteiger partial charge in [0.1, 0.15) is 5.75 Å². The van der Waals surface area contributed by atoms with Gasteiger partial charge in [0.2, 0.25) is 0 Å². The molecular weight excluding hydrogens is 226 g/mol. The summed E-state index contributed by atoms with van der Waals surface area (Å²) in [5, 5.41) is 9.68. The van der Waals surface area contributed by atoms with Crippen molar-refractivity contribution in [3.8, 4) is 5.75 Å². The van der Waals surface area contributed by atoms with Gasteiger partial charge in [-0.1, -0.05) is 6.07 Å². The van der Waals surface area contributed by atoms with Crippen molar-refractivity contribution in [3.05, 3.63) is 29.3 Å². The highest BCUT2D eigenvalue weighted by atomic mass is 35.5. The Morgan fingerprint density at radius 1 is 1.56 bits per heavy atom. The minimum Gasteiger partial charge on any atom is -0.507 e. The van der Waals surface area contributed by atoms with Crippen LogP contribution in [0.2, 0.25) is 0 Å². The number of hydrogen-bond acceptors (Lipinski definition) is 2. The number of alkyl halides is 1. The van der Waals surface area contributed by atoms with Crippen molar-refractivity contribution >= 4 is 17.5 Å². The van der Waals surface area contributed by atoms with Crippen molar-refractivity contribution in [1.29, 1.82) is 0 Å². The molecule has 1 aromatic rings. The molecule has 0 radical (unpaired) electrons. The van der Waals surface area contributed by atoms with Crippen LogP contribution in [0.3, 0.4) is 0 Å². The average molecular weight is 242 g/mol. The number of aromatic hydroxyl groups is 1. The highest BCUT2D eigenvalue weighted by Gasteiger charge is 2.19. The fraction of sp³-hybridized carbons (Fsp3) is 0.417. The summed E-state index contributed by atoms with van der Waals surface area (Å²) >= 11 is 5.69. The Hall–Kier alpha value is -1.22. The van der Waals surface area contributed by atoms with Crippen LogP contribution in [0.4, 0.5) is 0 Å². The third-order valence-electron chi connectivity index (χ3n) is 2.59. The maximum Gasteiger partial charge on any atom is 0.257 e. The third-order valence-corrected chi connectivity index (χ3v) is 3.04. The van der Waals surface area contributed by atoms with Gasteiger partial charge in [-0.2, -0.15) is 0 Å². The predicted octanol–water partition coefficient (Wildman–Crippen LogP) is 2.40. The van der Waals surface area contributed by atoms with Crippen molar-refractivity contribution in [2.45, 2.75) is 19.9 Å². The van der Waals surface area contributed by atoms with Crippen LogP contribution in [0.25, 0.3) is 0 Å². The molecule has 0 fully saturated rings. The number of amides is 1. The third kappa shape index (κ3) is 2.67. The maximum absolute atomic E-state index is 12.0. The monoisotopic (exact) mass is 241 g/mol. The number of phenols is 1. The molecule has 0 aliphatic rings. The van der Waals surface area contributed by atoms with E-state index in [4.69, 9.17) is 11.6 Å². The van der Waals surface area contributed by atoms with E-state index in [9.17, 15) is 9.90 Å². The first-order valence-corrected chi connectivity index (χ1v) is 5.63. The number of aryl methyl sites for hydroxylation is 1. The van der Waals surface area contributed by atoms with E-state index < -0.39 is 0 Å². The molecule has 1 atom stereocenters. The smallest absolute Gasteiger partial charge is 0.257 e. The van der Waals surface area contributed by atoms with Crippen LogP contribution in [-0.2, 0) is 0 Å². The Morgan fingerprint density at radius 3 is 2.69 bits per heavy atom. The number of halogens is 1. The SMILES string of the molecule is Cc1ccc(C(=O)N(C)C(C)CCl)c(O)c1. The second-order valence-electron chi connectivity index (χ2n) is 3.94. The lowest BCUT2D eigenvalue weighted by molar-refractivity contribution is 0.0753. The van der Waals surface area contributed by atoms with E-state index >= 15 is 0 Å². The zero-order chi connectivity index (χ0) is 12.3. The lowest BCUT2D eigenvalue weighted by Gasteiger charge is -2.23. The molecule has 1 unspecified atom stereocenters. The first kappa shape index (κ1) is 12.8. The maximum atomic E-state index is 12.0. The summed E-state index contributed by atoms with van der Waals surface area (Å²) in [5.41, 5.74) is 1.23. The fourth-order valence-electron chi connectivity index (χ4n) is 1.32. The number of benzene rings is 1. The van der Waals surface area contributed by atoms with Crippen molar-refractivity contribution in [2.24, 2.45) is 0 Å². The number of carbonyl (C=O) groups is 1. The molecule has 1 rings (SSSR count). The van der Waals surface area contributed by atoms with Crippen molar-refractivity contribution in [2.75, 3.05) is 12.9 Å². The number of nitrogens with zero attached hydrogens (tertiary/aromatic N) is 1. The van der Waals surface area contributed by atoms with E-state index in [1.54, 1.807) is 25.2 Å². The normalized spacial score (nSPS) is 12.2. The first-order chi connectivity index (χ1) is 7.47. The molecule has 0 saturated heterocycles. The summed E-state index contributed by atoms with van der Waals surface area (Å²) in [4.78, 5) is 13.5. The number of rotatable bonds is 3. The van der Waals surface area contributed by atoms with Crippen LogP contribution in [0.1, 0.15) is 22.8 Å². The summed E-state index contributed by atoms with van der Waals surface area (Å²) in [6, 6.07) is 4.94. The molecule has 0 aliphatic heterocycles. The van der Waals surface area contributed by atoms with Crippen molar-refractivity contribution < 1.29 is 9.90 Å². The van der Waals surface area contributed by atoms with Gasteiger partial charge in [-0.25, -0.2) is 0 Å². The Balaban J connectivity index is 2.96. The molecule has 3 nitrogen and oxygen atoms in total. The molecule has 4 heteroatoms. The molecule has 0 spiro atoms.